The summed E-state index contributed by atoms with van der Waals surface area (Å²) in [5.41, 5.74) is 0. The Balaban J connectivity index is 2.62. The van der Waals surface area contributed by atoms with Crippen LogP contribution in [0.25, 0.3) is 0 Å². The van der Waals surface area contributed by atoms with E-state index in [1.54, 1.807) is 18.2 Å². The van der Waals surface area contributed by atoms with Crippen LogP contribution in [0.3, 0.4) is 0 Å². The molecule has 1 aromatic carbocycles. The van der Waals surface area contributed by atoms with Gasteiger partial charge in [0.2, 0.25) is 0 Å². The number of rotatable bonds is 4. The zero-order valence-corrected chi connectivity index (χ0v) is 10.2. The van der Waals surface area contributed by atoms with E-state index < -0.39 is 0 Å². The molecular weight excluding hydrogens is 239 g/mol. The fourth-order valence-corrected chi connectivity index (χ4v) is 1.31. The van der Waals surface area contributed by atoms with E-state index in [4.69, 9.17) is 27.9 Å². The van der Waals surface area contributed by atoms with Gasteiger partial charge in [-0.05, 0) is 23.8 Å². The minimum Gasteiger partial charge on any atom is -0.492 e. The van der Waals surface area contributed by atoms with Crippen LogP contribution in [0.4, 0.5) is 0 Å². The maximum Gasteiger partial charge on any atom is 0.139 e. The van der Waals surface area contributed by atoms with Gasteiger partial charge < -0.3 is 4.74 Å². The summed E-state index contributed by atoms with van der Waals surface area (Å²) in [5.74, 6) is 1.82. The second-order valence-corrected chi connectivity index (χ2v) is 4.38. The highest BCUT2D eigenvalue weighted by Crippen LogP contribution is 2.27. The predicted octanol–water partition coefficient (Wildman–Crippen LogP) is 3.94. The number of halogens is 2. The van der Waals surface area contributed by atoms with Gasteiger partial charge in [-0.3, -0.25) is 0 Å². The first kappa shape index (κ1) is 12.0. The normalized spacial score (nSPS) is 12.6. The number of ether oxygens (including phenoxy) is 1. The average molecular weight is 251 g/mol. The summed E-state index contributed by atoms with van der Waals surface area (Å²) < 4.78 is 5.50. The van der Waals surface area contributed by atoms with Crippen LogP contribution < -0.4 is 4.74 Å². The molecule has 0 aliphatic heterocycles. The van der Waals surface area contributed by atoms with Gasteiger partial charge in [0.05, 0.1) is 11.6 Å². The van der Waals surface area contributed by atoms with Crippen molar-refractivity contribution < 1.29 is 4.74 Å². The van der Waals surface area contributed by atoms with E-state index >= 15 is 0 Å². The van der Waals surface area contributed by atoms with Crippen molar-refractivity contribution in [3.05, 3.63) is 28.2 Å². The van der Waals surface area contributed by atoms with Gasteiger partial charge in [-0.25, -0.2) is 0 Å². The van der Waals surface area contributed by atoms with Gasteiger partial charge >= 0.3 is 0 Å². The molecule has 1 aromatic rings. The van der Waals surface area contributed by atoms with Crippen LogP contribution in [0.1, 0.15) is 6.92 Å². The van der Waals surface area contributed by atoms with Gasteiger partial charge in [0.1, 0.15) is 5.75 Å². The third-order valence-corrected chi connectivity index (χ3v) is 2.90. The number of thiol groups is 1. The Morgan fingerprint density at radius 2 is 2.14 bits per heavy atom. The molecule has 0 bridgehead atoms. The first-order valence-corrected chi connectivity index (χ1v) is 5.71. The molecule has 14 heavy (non-hydrogen) atoms. The number of benzene rings is 1. The lowest BCUT2D eigenvalue weighted by Gasteiger charge is -2.11. The molecule has 1 atom stereocenters. The van der Waals surface area contributed by atoms with E-state index in [0.29, 0.717) is 28.3 Å². The largest absolute Gasteiger partial charge is 0.492 e. The molecule has 0 heterocycles. The van der Waals surface area contributed by atoms with Crippen molar-refractivity contribution in [2.24, 2.45) is 5.92 Å². The molecule has 1 rings (SSSR count). The Morgan fingerprint density at radius 3 is 2.79 bits per heavy atom. The van der Waals surface area contributed by atoms with Gasteiger partial charge in [-0.1, -0.05) is 30.1 Å². The minimum absolute atomic E-state index is 0.397. The zero-order valence-electron chi connectivity index (χ0n) is 7.84. The first-order chi connectivity index (χ1) is 6.63. The molecule has 0 aliphatic rings. The molecule has 0 fully saturated rings. The van der Waals surface area contributed by atoms with Crippen LogP contribution >= 0.6 is 35.8 Å². The summed E-state index contributed by atoms with van der Waals surface area (Å²) in [4.78, 5) is 0. The summed E-state index contributed by atoms with van der Waals surface area (Å²) in [6.45, 7) is 2.66. The van der Waals surface area contributed by atoms with Crippen molar-refractivity contribution in [2.45, 2.75) is 6.92 Å². The van der Waals surface area contributed by atoms with Crippen molar-refractivity contribution in [1.29, 1.82) is 0 Å². The Labute approximate surface area is 99.8 Å². The Hall–Kier alpha value is -0.0500. The second-order valence-electron chi connectivity index (χ2n) is 3.17. The quantitative estimate of drug-likeness (QED) is 0.797. The van der Waals surface area contributed by atoms with Gasteiger partial charge in [0.15, 0.2) is 0 Å². The van der Waals surface area contributed by atoms with Gasteiger partial charge in [-0.2, -0.15) is 12.6 Å². The fraction of sp³-hybridized carbons (Fsp3) is 0.400. The Morgan fingerprint density at radius 1 is 1.43 bits per heavy atom. The summed E-state index contributed by atoms with van der Waals surface area (Å²) in [5, 5.41) is 1.21. The van der Waals surface area contributed by atoms with Crippen LogP contribution in [0.5, 0.6) is 5.75 Å². The van der Waals surface area contributed by atoms with E-state index in [9.17, 15) is 0 Å². The van der Waals surface area contributed by atoms with E-state index in [2.05, 4.69) is 19.6 Å². The molecule has 4 heteroatoms. The van der Waals surface area contributed by atoms with Gasteiger partial charge in [0, 0.05) is 11.1 Å². The van der Waals surface area contributed by atoms with Crippen molar-refractivity contribution in [3.63, 3.8) is 0 Å². The lowest BCUT2D eigenvalue weighted by molar-refractivity contribution is 0.274. The lowest BCUT2D eigenvalue weighted by Crippen LogP contribution is -2.09. The van der Waals surface area contributed by atoms with Crippen molar-refractivity contribution >= 4 is 35.8 Å². The predicted molar refractivity (Wildman–Crippen MR) is 65.0 cm³/mol. The van der Waals surface area contributed by atoms with Crippen molar-refractivity contribution in [3.8, 4) is 5.75 Å². The smallest absolute Gasteiger partial charge is 0.139 e. The molecule has 1 unspecified atom stereocenters. The molecule has 0 saturated carbocycles. The molecule has 0 aliphatic carbocycles. The Kier molecular flexibility index (Phi) is 4.93. The zero-order chi connectivity index (χ0) is 10.6. The molecule has 0 saturated heterocycles. The van der Waals surface area contributed by atoms with Gasteiger partial charge in [0.25, 0.3) is 0 Å². The van der Waals surface area contributed by atoms with E-state index in [-0.39, 0.29) is 0 Å². The number of hydrogen-bond acceptors (Lipinski definition) is 2. The third kappa shape index (κ3) is 3.60. The molecule has 78 valence electrons. The van der Waals surface area contributed by atoms with Crippen LogP contribution in [0.2, 0.25) is 10.0 Å². The molecule has 0 amide bonds. The molecule has 0 spiro atoms. The summed E-state index contributed by atoms with van der Waals surface area (Å²) in [6.07, 6.45) is 0. The van der Waals surface area contributed by atoms with Crippen LogP contribution in [0, 0.1) is 5.92 Å². The number of hydrogen-bond donors (Lipinski definition) is 1. The summed E-state index contributed by atoms with van der Waals surface area (Å²) in [7, 11) is 0. The molecule has 0 radical (unpaired) electrons. The summed E-state index contributed by atoms with van der Waals surface area (Å²) >= 11 is 15.9. The van der Waals surface area contributed by atoms with E-state index in [1.807, 2.05) is 0 Å². The average Bonchev–Trinajstić information content (AvgIpc) is 2.19. The lowest BCUT2D eigenvalue weighted by atomic mass is 10.2. The molecule has 1 nitrogen and oxygen atoms in total. The van der Waals surface area contributed by atoms with Gasteiger partial charge in [-0.15, -0.1) is 0 Å². The van der Waals surface area contributed by atoms with Crippen molar-refractivity contribution in [2.75, 3.05) is 12.4 Å². The topological polar surface area (TPSA) is 9.23 Å². The highest BCUT2D eigenvalue weighted by Gasteiger charge is 2.05. The van der Waals surface area contributed by atoms with E-state index in [0.717, 1.165) is 5.75 Å². The van der Waals surface area contributed by atoms with Crippen LogP contribution in [-0.2, 0) is 0 Å². The van der Waals surface area contributed by atoms with Crippen LogP contribution in [-0.4, -0.2) is 12.4 Å². The third-order valence-electron chi connectivity index (χ3n) is 1.73. The fourth-order valence-electron chi connectivity index (χ4n) is 0.873. The molecule has 0 N–H and O–H groups in total. The highest BCUT2D eigenvalue weighted by molar-refractivity contribution is 7.80. The second kappa shape index (κ2) is 5.74. The standard InChI is InChI=1S/C10H12Cl2OS/c1-7(6-14)5-13-10-4-8(11)2-3-9(10)12/h2-4,7,14H,5-6H2,1H3. The maximum atomic E-state index is 5.92. The minimum atomic E-state index is 0.397. The Bertz CT molecular complexity index is 304. The monoisotopic (exact) mass is 250 g/mol. The maximum absolute atomic E-state index is 5.92. The molecule has 0 aromatic heterocycles. The van der Waals surface area contributed by atoms with Crippen molar-refractivity contribution in [1.82, 2.24) is 0 Å². The van der Waals surface area contributed by atoms with Crippen LogP contribution in [0.15, 0.2) is 18.2 Å². The molecular formula is C10H12Cl2OS. The highest BCUT2D eigenvalue weighted by atomic mass is 35.5. The SMILES string of the molecule is CC(CS)COc1cc(Cl)ccc1Cl. The first-order valence-electron chi connectivity index (χ1n) is 4.32. The van der Waals surface area contributed by atoms with E-state index in [1.165, 1.54) is 0 Å². The summed E-state index contributed by atoms with van der Waals surface area (Å²) in [6, 6.07) is 5.18.